The Bertz CT molecular complexity index is 520. The van der Waals surface area contributed by atoms with Crippen molar-refractivity contribution < 1.29 is 29.6 Å². The highest BCUT2D eigenvalue weighted by atomic mass is 16.6. The second-order valence-corrected chi connectivity index (χ2v) is 4.58. The molecule has 0 bridgehead atoms. The van der Waals surface area contributed by atoms with Gasteiger partial charge in [-0.15, -0.1) is 0 Å². The van der Waals surface area contributed by atoms with Crippen molar-refractivity contribution in [2.24, 2.45) is 0 Å². The Balaban J connectivity index is 2.04. The highest BCUT2D eigenvalue weighted by Gasteiger charge is 2.28. The van der Waals surface area contributed by atoms with Crippen LogP contribution in [0.1, 0.15) is 12.8 Å². The zero-order valence-electron chi connectivity index (χ0n) is 11.2. The van der Waals surface area contributed by atoms with Gasteiger partial charge in [0.15, 0.2) is 11.5 Å². The fourth-order valence-corrected chi connectivity index (χ4v) is 2.00. The van der Waals surface area contributed by atoms with Crippen molar-refractivity contribution in [2.75, 3.05) is 6.61 Å². The van der Waals surface area contributed by atoms with Crippen LogP contribution >= 0.6 is 0 Å². The molecule has 2 rings (SSSR count). The van der Waals surface area contributed by atoms with E-state index in [4.69, 9.17) is 19.7 Å². The number of carboxylic acid groups (broad SMARTS) is 1. The molecule has 7 nitrogen and oxygen atoms in total. The van der Waals surface area contributed by atoms with E-state index in [1.165, 1.54) is 12.5 Å². The van der Waals surface area contributed by atoms with Gasteiger partial charge in [0.1, 0.15) is 18.6 Å². The largest absolute Gasteiger partial charge is 0.465 e. The maximum atomic E-state index is 10.6. The first-order valence-corrected chi connectivity index (χ1v) is 6.50. The summed E-state index contributed by atoms with van der Waals surface area (Å²) in [6.45, 7) is -0.571. The Morgan fingerprint density at radius 3 is 2.86 bits per heavy atom. The lowest BCUT2D eigenvalue weighted by atomic mass is 10.0. The third-order valence-electron chi connectivity index (χ3n) is 3.10. The molecule has 2 aliphatic rings. The molecule has 0 spiro atoms. The molecule has 1 aliphatic heterocycles. The van der Waals surface area contributed by atoms with E-state index in [1.54, 1.807) is 0 Å². The lowest BCUT2D eigenvalue weighted by molar-refractivity contribution is 0.0609. The monoisotopic (exact) mass is 295 g/mol. The van der Waals surface area contributed by atoms with Crippen molar-refractivity contribution in [1.82, 2.24) is 5.32 Å². The Kier molecular flexibility index (Phi) is 5.02. The van der Waals surface area contributed by atoms with Gasteiger partial charge in [-0.3, -0.25) is 0 Å². The third kappa shape index (κ3) is 3.87. The smallest absolute Gasteiger partial charge is 0.405 e. The molecule has 0 saturated heterocycles. The van der Waals surface area contributed by atoms with E-state index in [9.17, 15) is 9.90 Å². The van der Waals surface area contributed by atoms with Crippen LogP contribution in [0.15, 0.2) is 47.8 Å². The first kappa shape index (κ1) is 15.1. The minimum Gasteiger partial charge on any atom is -0.465 e. The van der Waals surface area contributed by atoms with Crippen LogP contribution in [0.5, 0.6) is 0 Å². The maximum Gasteiger partial charge on any atom is 0.405 e. The van der Waals surface area contributed by atoms with E-state index < -0.39 is 24.8 Å². The van der Waals surface area contributed by atoms with Crippen molar-refractivity contribution in [3.8, 4) is 0 Å². The quantitative estimate of drug-likeness (QED) is 0.602. The number of nitrogens with one attached hydrogen (secondary N) is 1. The number of hydrogen-bond donors (Lipinski definition) is 4. The average molecular weight is 295 g/mol. The van der Waals surface area contributed by atoms with Gasteiger partial charge >= 0.3 is 6.09 Å². The van der Waals surface area contributed by atoms with Gasteiger partial charge in [-0.2, -0.15) is 0 Å². The van der Waals surface area contributed by atoms with Crippen LogP contribution in [-0.4, -0.2) is 40.2 Å². The van der Waals surface area contributed by atoms with Gasteiger partial charge in [-0.25, -0.2) is 4.79 Å². The number of aliphatic hydroxyl groups is 2. The lowest BCUT2D eigenvalue weighted by Crippen LogP contribution is -2.46. The molecular weight excluding hydrogens is 278 g/mol. The van der Waals surface area contributed by atoms with Crippen LogP contribution in [0.3, 0.4) is 0 Å². The summed E-state index contributed by atoms with van der Waals surface area (Å²) < 4.78 is 10.7. The Morgan fingerprint density at radius 2 is 2.24 bits per heavy atom. The number of allylic oxidation sites excluding steroid dienone is 4. The summed E-state index contributed by atoms with van der Waals surface area (Å²) in [7, 11) is 0. The highest BCUT2D eigenvalue weighted by molar-refractivity contribution is 5.65. The molecule has 2 atom stereocenters. The normalized spacial score (nSPS) is 20.2. The molecule has 0 aromatic carbocycles. The van der Waals surface area contributed by atoms with Gasteiger partial charge < -0.3 is 30.1 Å². The summed E-state index contributed by atoms with van der Waals surface area (Å²) in [6, 6.07) is -1.10. The van der Waals surface area contributed by atoms with Crippen LogP contribution in [0.25, 0.3) is 0 Å². The number of ether oxygens (including phenoxy) is 2. The standard InChI is InChI=1S/C14H17NO6/c16-6-10(15-14(18)19)13(17)12-8-20-7-11(21-12)9-4-2-1-3-5-9/h1-2,4,7-8,10,13,15-17H,3,5-6H2,(H,18,19)/t10-,13-/m1/s1. The first-order chi connectivity index (χ1) is 10.1. The van der Waals surface area contributed by atoms with Crippen LogP contribution in [0.4, 0.5) is 4.79 Å². The third-order valence-corrected chi connectivity index (χ3v) is 3.10. The van der Waals surface area contributed by atoms with E-state index in [0.29, 0.717) is 5.76 Å². The van der Waals surface area contributed by atoms with Gasteiger partial charge in [0.05, 0.1) is 12.6 Å². The van der Waals surface area contributed by atoms with Gasteiger partial charge in [-0.05, 0) is 18.4 Å². The topological polar surface area (TPSA) is 108 Å². The SMILES string of the molecule is O=C(O)N[C@H](CO)[C@@H](O)C1=COC=C(C2=CC=CCC2)O1. The average Bonchev–Trinajstić information content (AvgIpc) is 2.52. The number of carbonyl (C=O) groups is 1. The second-order valence-electron chi connectivity index (χ2n) is 4.58. The molecule has 4 N–H and O–H groups in total. The molecule has 0 fully saturated rings. The van der Waals surface area contributed by atoms with Crippen LogP contribution in [-0.2, 0) is 9.47 Å². The number of rotatable bonds is 5. The van der Waals surface area contributed by atoms with E-state index in [0.717, 1.165) is 18.4 Å². The molecule has 21 heavy (non-hydrogen) atoms. The fourth-order valence-electron chi connectivity index (χ4n) is 2.00. The molecular formula is C14H17NO6. The maximum absolute atomic E-state index is 10.6. The Labute approximate surface area is 121 Å². The van der Waals surface area contributed by atoms with Crippen LogP contribution < -0.4 is 5.32 Å². The van der Waals surface area contributed by atoms with Gasteiger partial charge in [0, 0.05) is 0 Å². The zero-order chi connectivity index (χ0) is 15.2. The van der Waals surface area contributed by atoms with Gasteiger partial charge in [0.25, 0.3) is 0 Å². The molecule has 0 aromatic rings. The highest BCUT2D eigenvalue weighted by Crippen LogP contribution is 2.27. The Hall–Kier alpha value is -2.25. The van der Waals surface area contributed by atoms with Crippen molar-refractivity contribution in [3.63, 3.8) is 0 Å². The number of hydrogen-bond acceptors (Lipinski definition) is 5. The summed E-state index contributed by atoms with van der Waals surface area (Å²) in [6.07, 6.45) is 7.38. The summed E-state index contributed by atoms with van der Waals surface area (Å²) in [5, 5.41) is 29.9. The predicted molar refractivity (Wildman–Crippen MR) is 72.8 cm³/mol. The van der Waals surface area contributed by atoms with Crippen LogP contribution in [0, 0.1) is 0 Å². The summed E-state index contributed by atoms with van der Waals surface area (Å²) in [5.41, 5.74) is 0.919. The predicted octanol–water partition coefficient (Wildman–Crippen LogP) is 0.982. The van der Waals surface area contributed by atoms with Crippen molar-refractivity contribution >= 4 is 6.09 Å². The minimum absolute atomic E-state index is 0.0377. The van der Waals surface area contributed by atoms with E-state index >= 15 is 0 Å². The fraction of sp³-hybridized carbons (Fsp3) is 0.357. The minimum atomic E-state index is -1.35. The summed E-state index contributed by atoms with van der Waals surface area (Å²) in [5.74, 6) is 0.499. The van der Waals surface area contributed by atoms with Gasteiger partial charge in [0.2, 0.25) is 0 Å². The van der Waals surface area contributed by atoms with Crippen LogP contribution in [0.2, 0.25) is 0 Å². The number of amides is 1. The Morgan fingerprint density at radius 1 is 1.43 bits per heavy atom. The second kappa shape index (κ2) is 6.96. The molecule has 1 amide bonds. The molecule has 7 heteroatoms. The van der Waals surface area contributed by atoms with E-state index in [2.05, 4.69) is 0 Å². The van der Waals surface area contributed by atoms with Crippen molar-refractivity contribution in [1.29, 1.82) is 0 Å². The van der Waals surface area contributed by atoms with Crippen molar-refractivity contribution in [2.45, 2.75) is 25.0 Å². The van der Waals surface area contributed by atoms with Crippen molar-refractivity contribution in [3.05, 3.63) is 47.8 Å². The van der Waals surface area contributed by atoms with Gasteiger partial charge in [-0.1, -0.05) is 18.2 Å². The molecule has 1 aliphatic carbocycles. The van der Waals surface area contributed by atoms with E-state index in [-0.39, 0.29) is 5.76 Å². The molecule has 0 saturated carbocycles. The summed E-state index contributed by atoms with van der Waals surface area (Å²) >= 11 is 0. The molecule has 114 valence electrons. The van der Waals surface area contributed by atoms with E-state index in [1.807, 2.05) is 23.5 Å². The summed E-state index contributed by atoms with van der Waals surface area (Å²) in [4.78, 5) is 10.6. The lowest BCUT2D eigenvalue weighted by Gasteiger charge is -2.26. The first-order valence-electron chi connectivity index (χ1n) is 6.50. The zero-order valence-corrected chi connectivity index (χ0v) is 11.2. The molecule has 0 aromatic heterocycles. The molecule has 1 heterocycles. The number of aliphatic hydroxyl groups excluding tert-OH is 2. The molecule has 0 radical (unpaired) electrons. The molecule has 0 unspecified atom stereocenters.